The zero-order chi connectivity index (χ0) is 11.8. The molecule has 0 saturated heterocycles. The van der Waals surface area contributed by atoms with Gasteiger partial charge in [0.2, 0.25) is 0 Å². The third-order valence-corrected chi connectivity index (χ3v) is 1.96. The Morgan fingerprint density at radius 1 is 1.13 bits per heavy atom. The molecule has 0 aromatic carbocycles. The van der Waals surface area contributed by atoms with Gasteiger partial charge >= 0.3 is 11.9 Å². The molecule has 0 amide bonds. The molecule has 0 heterocycles. The maximum atomic E-state index is 11.5. The van der Waals surface area contributed by atoms with Gasteiger partial charge in [-0.2, -0.15) is 0 Å². The monoisotopic (exact) mass is 214 g/mol. The van der Waals surface area contributed by atoms with Gasteiger partial charge in [-0.15, -0.1) is 0 Å². The van der Waals surface area contributed by atoms with Crippen molar-refractivity contribution in [3.63, 3.8) is 0 Å². The summed E-state index contributed by atoms with van der Waals surface area (Å²) in [6.07, 6.45) is 1.71. The Kier molecular flexibility index (Phi) is 6.42. The highest BCUT2D eigenvalue weighted by molar-refractivity contribution is 5.98. The van der Waals surface area contributed by atoms with E-state index >= 15 is 0 Å². The molecule has 0 aliphatic heterocycles. The third kappa shape index (κ3) is 4.14. The van der Waals surface area contributed by atoms with Crippen LogP contribution in [0.1, 0.15) is 27.7 Å². The highest BCUT2D eigenvalue weighted by Gasteiger charge is 2.30. The number of carbonyl (C=O) groups excluding carboxylic acids is 2. The SMILES string of the molecule is C/C=C(/C)C(C(=O)OCC)C(=O)OCC. The zero-order valence-corrected chi connectivity index (χ0v) is 9.70. The average Bonchev–Trinajstić information content (AvgIpc) is 2.18. The number of hydrogen-bond donors (Lipinski definition) is 0. The zero-order valence-electron chi connectivity index (χ0n) is 9.70. The molecule has 15 heavy (non-hydrogen) atoms. The van der Waals surface area contributed by atoms with Gasteiger partial charge in [-0.05, 0) is 27.7 Å². The first-order chi connectivity index (χ1) is 7.08. The van der Waals surface area contributed by atoms with Gasteiger partial charge in [0.05, 0.1) is 13.2 Å². The molecule has 0 fully saturated rings. The van der Waals surface area contributed by atoms with E-state index in [4.69, 9.17) is 9.47 Å². The first-order valence-corrected chi connectivity index (χ1v) is 5.04. The van der Waals surface area contributed by atoms with Crippen LogP contribution in [0.2, 0.25) is 0 Å². The molecule has 0 bridgehead atoms. The summed E-state index contributed by atoms with van der Waals surface area (Å²) in [6, 6.07) is 0. The molecule has 0 atom stereocenters. The topological polar surface area (TPSA) is 52.6 Å². The molecule has 86 valence electrons. The predicted octanol–water partition coefficient (Wildman–Crippen LogP) is 1.70. The van der Waals surface area contributed by atoms with Crippen molar-refractivity contribution in [2.24, 2.45) is 5.92 Å². The van der Waals surface area contributed by atoms with E-state index in [0.717, 1.165) is 0 Å². The Bertz CT molecular complexity index is 237. The van der Waals surface area contributed by atoms with E-state index < -0.39 is 17.9 Å². The first kappa shape index (κ1) is 13.7. The Morgan fingerprint density at radius 2 is 1.53 bits per heavy atom. The molecule has 0 aromatic heterocycles. The van der Waals surface area contributed by atoms with Gasteiger partial charge in [0.15, 0.2) is 5.92 Å². The predicted molar refractivity (Wildman–Crippen MR) is 56.2 cm³/mol. The van der Waals surface area contributed by atoms with Crippen molar-refractivity contribution in [2.45, 2.75) is 27.7 Å². The van der Waals surface area contributed by atoms with Crippen LogP contribution in [0.5, 0.6) is 0 Å². The van der Waals surface area contributed by atoms with E-state index in [9.17, 15) is 9.59 Å². The molecule has 0 unspecified atom stereocenters. The van der Waals surface area contributed by atoms with Crippen LogP contribution in [0, 0.1) is 5.92 Å². The van der Waals surface area contributed by atoms with Crippen LogP contribution in [-0.4, -0.2) is 25.2 Å². The van der Waals surface area contributed by atoms with Crippen molar-refractivity contribution in [2.75, 3.05) is 13.2 Å². The lowest BCUT2D eigenvalue weighted by atomic mass is 10.0. The lowest BCUT2D eigenvalue weighted by Crippen LogP contribution is -2.29. The lowest BCUT2D eigenvalue weighted by molar-refractivity contribution is -0.159. The minimum Gasteiger partial charge on any atom is -0.465 e. The molecule has 0 spiro atoms. The fourth-order valence-electron chi connectivity index (χ4n) is 1.09. The molecule has 0 aliphatic carbocycles. The van der Waals surface area contributed by atoms with Crippen molar-refractivity contribution in [3.05, 3.63) is 11.6 Å². The standard InChI is InChI=1S/C11H18O4/c1-5-8(4)9(10(12)14-6-2)11(13)15-7-3/h5,9H,6-7H2,1-4H3/b8-5-. The Labute approximate surface area is 90.2 Å². The second kappa shape index (κ2) is 7.04. The molecule has 4 nitrogen and oxygen atoms in total. The van der Waals surface area contributed by atoms with Gasteiger partial charge < -0.3 is 9.47 Å². The van der Waals surface area contributed by atoms with Crippen LogP contribution in [0.3, 0.4) is 0 Å². The quantitative estimate of drug-likeness (QED) is 0.397. The number of ether oxygens (including phenoxy) is 2. The second-order valence-corrected chi connectivity index (χ2v) is 2.97. The van der Waals surface area contributed by atoms with Crippen LogP contribution >= 0.6 is 0 Å². The summed E-state index contributed by atoms with van der Waals surface area (Å²) in [5, 5.41) is 0. The van der Waals surface area contributed by atoms with E-state index in [-0.39, 0.29) is 13.2 Å². The van der Waals surface area contributed by atoms with E-state index in [1.807, 2.05) is 0 Å². The molecule has 0 radical (unpaired) electrons. The maximum Gasteiger partial charge on any atom is 0.324 e. The molecular weight excluding hydrogens is 196 g/mol. The molecule has 0 N–H and O–H groups in total. The van der Waals surface area contributed by atoms with Gasteiger partial charge in [-0.25, -0.2) is 0 Å². The van der Waals surface area contributed by atoms with Crippen LogP contribution in [0.4, 0.5) is 0 Å². The second-order valence-electron chi connectivity index (χ2n) is 2.97. The van der Waals surface area contributed by atoms with Crippen LogP contribution in [0.15, 0.2) is 11.6 Å². The Morgan fingerprint density at radius 3 is 1.80 bits per heavy atom. The van der Waals surface area contributed by atoms with Crippen molar-refractivity contribution in [1.29, 1.82) is 0 Å². The summed E-state index contributed by atoms with van der Waals surface area (Å²) in [6.45, 7) is 7.38. The summed E-state index contributed by atoms with van der Waals surface area (Å²) in [5.41, 5.74) is 0.645. The smallest absolute Gasteiger partial charge is 0.324 e. The van der Waals surface area contributed by atoms with Gasteiger partial charge in [0.25, 0.3) is 0 Å². The summed E-state index contributed by atoms with van der Waals surface area (Å²) in [7, 11) is 0. The summed E-state index contributed by atoms with van der Waals surface area (Å²) < 4.78 is 9.63. The van der Waals surface area contributed by atoms with Gasteiger partial charge in [0.1, 0.15) is 0 Å². The van der Waals surface area contributed by atoms with Gasteiger partial charge in [0, 0.05) is 0 Å². The average molecular weight is 214 g/mol. The van der Waals surface area contributed by atoms with Crippen molar-refractivity contribution in [3.8, 4) is 0 Å². The fourth-order valence-corrected chi connectivity index (χ4v) is 1.09. The van der Waals surface area contributed by atoms with Gasteiger partial charge in [-0.1, -0.05) is 11.6 Å². The first-order valence-electron chi connectivity index (χ1n) is 5.04. The number of allylic oxidation sites excluding steroid dienone is 1. The number of rotatable bonds is 5. The van der Waals surface area contributed by atoms with Crippen LogP contribution in [-0.2, 0) is 19.1 Å². The van der Waals surface area contributed by atoms with Crippen molar-refractivity contribution in [1.82, 2.24) is 0 Å². The number of esters is 2. The number of carbonyl (C=O) groups is 2. The molecule has 0 aromatic rings. The molecule has 0 rings (SSSR count). The van der Waals surface area contributed by atoms with E-state index in [1.54, 1.807) is 33.8 Å². The summed E-state index contributed by atoms with van der Waals surface area (Å²) in [5.74, 6) is -2.02. The van der Waals surface area contributed by atoms with Crippen LogP contribution in [0.25, 0.3) is 0 Å². The maximum absolute atomic E-state index is 11.5. The molecule has 4 heteroatoms. The fraction of sp³-hybridized carbons (Fsp3) is 0.636. The number of hydrogen-bond acceptors (Lipinski definition) is 4. The Balaban J connectivity index is 4.73. The molecule has 0 saturated carbocycles. The van der Waals surface area contributed by atoms with Gasteiger partial charge in [-0.3, -0.25) is 9.59 Å². The third-order valence-electron chi connectivity index (χ3n) is 1.96. The summed E-state index contributed by atoms with van der Waals surface area (Å²) in [4.78, 5) is 23.0. The van der Waals surface area contributed by atoms with Crippen molar-refractivity contribution < 1.29 is 19.1 Å². The highest BCUT2D eigenvalue weighted by atomic mass is 16.6. The normalized spacial score (nSPS) is 11.4. The largest absolute Gasteiger partial charge is 0.465 e. The van der Waals surface area contributed by atoms with E-state index in [0.29, 0.717) is 5.57 Å². The van der Waals surface area contributed by atoms with Crippen molar-refractivity contribution >= 4 is 11.9 Å². The minimum absolute atomic E-state index is 0.256. The van der Waals surface area contributed by atoms with E-state index in [1.165, 1.54) is 0 Å². The summed E-state index contributed by atoms with van der Waals surface area (Å²) >= 11 is 0. The molecule has 0 aliphatic rings. The Hall–Kier alpha value is -1.32. The van der Waals surface area contributed by atoms with Crippen LogP contribution < -0.4 is 0 Å². The minimum atomic E-state index is -0.921. The lowest BCUT2D eigenvalue weighted by Gasteiger charge is -2.14. The highest BCUT2D eigenvalue weighted by Crippen LogP contribution is 2.14. The molecular formula is C11H18O4. The van der Waals surface area contributed by atoms with E-state index in [2.05, 4.69) is 0 Å².